The van der Waals surface area contributed by atoms with Crippen molar-refractivity contribution in [2.75, 3.05) is 0 Å². The molecule has 0 saturated carbocycles. The highest BCUT2D eigenvalue weighted by atomic mass is 35.5. The number of hydrogen-bond donors (Lipinski definition) is 2. The van der Waals surface area contributed by atoms with Crippen LogP contribution in [0.5, 0.6) is 0 Å². The fraction of sp³-hybridized carbons (Fsp3) is 0.286. The second-order valence-electron chi connectivity index (χ2n) is 1.93. The minimum atomic E-state index is -0.833. The van der Waals surface area contributed by atoms with E-state index in [0.29, 0.717) is 6.54 Å². The van der Waals surface area contributed by atoms with E-state index in [1.807, 2.05) is 12.1 Å². The zero-order valence-electron chi connectivity index (χ0n) is 6.58. The molecule has 1 heterocycles. The Morgan fingerprint density at radius 2 is 2.25 bits per heavy atom. The van der Waals surface area contributed by atoms with E-state index in [1.165, 1.54) is 11.3 Å². The SMILES string of the molecule is CC(=O)O.NCc1ccc(Cl)s1. The van der Waals surface area contributed by atoms with Crippen LogP contribution in [0, 0.1) is 0 Å². The van der Waals surface area contributed by atoms with Crippen LogP contribution in [-0.2, 0) is 11.3 Å². The van der Waals surface area contributed by atoms with Gasteiger partial charge in [-0.15, -0.1) is 11.3 Å². The molecule has 1 aromatic heterocycles. The summed E-state index contributed by atoms with van der Waals surface area (Å²) in [7, 11) is 0. The number of nitrogens with two attached hydrogens (primary N) is 1. The molecule has 3 nitrogen and oxygen atoms in total. The number of carboxylic acid groups (broad SMARTS) is 1. The van der Waals surface area contributed by atoms with Gasteiger partial charge in [-0.1, -0.05) is 11.6 Å². The van der Waals surface area contributed by atoms with E-state index in [-0.39, 0.29) is 0 Å². The lowest BCUT2D eigenvalue weighted by Crippen LogP contribution is -1.90. The van der Waals surface area contributed by atoms with Gasteiger partial charge in [0.05, 0.1) is 4.34 Å². The average molecular weight is 208 g/mol. The van der Waals surface area contributed by atoms with E-state index >= 15 is 0 Å². The first-order valence-corrected chi connectivity index (χ1v) is 4.39. The number of halogens is 1. The smallest absolute Gasteiger partial charge is 0.300 e. The molecule has 0 amide bonds. The van der Waals surface area contributed by atoms with Gasteiger partial charge in [0.2, 0.25) is 0 Å². The van der Waals surface area contributed by atoms with Crippen LogP contribution in [0.15, 0.2) is 12.1 Å². The maximum absolute atomic E-state index is 9.00. The first-order chi connectivity index (χ1) is 5.56. The molecule has 0 aromatic carbocycles. The second kappa shape index (κ2) is 5.99. The van der Waals surface area contributed by atoms with Crippen molar-refractivity contribution in [2.45, 2.75) is 13.5 Å². The molecular weight excluding hydrogens is 198 g/mol. The van der Waals surface area contributed by atoms with Gasteiger partial charge >= 0.3 is 0 Å². The number of rotatable bonds is 1. The lowest BCUT2D eigenvalue weighted by atomic mass is 10.5. The van der Waals surface area contributed by atoms with E-state index in [2.05, 4.69) is 0 Å². The summed E-state index contributed by atoms with van der Waals surface area (Å²) in [5.74, 6) is -0.833. The molecule has 0 atom stereocenters. The van der Waals surface area contributed by atoms with Crippen LogP contribution in [0.4, 0.5) is 0 Å². The van der Waals surface area contributed by atoms with Crippen LogP contribution in [0.3, 0.4) is 0 Å². The molecular formula is C7H10ClNO2S. The first kappa shape index (κ1) is 11.4. The third-order valence-corrected chi connectivity index (χ3v) is 2.08. The zero-order chi connectivity index (χ0) is 9.56. The normalized spacial score (nSPS) is 8.58. The molecule has 12 heavy (non-hydrogen) atoms. The number of carbonyl (C=O) groups is 1. The average Bonchev–Trinajstić information content (AvgIpc) is 2.34. The molecule has 1 rings (SSSR count). The summed E-state index contributed by atoms with van der Waals surface area (Å²) < 4.78 is 0.811. The minimum Gasteiger partial charge on any atom is -0.481 e. The lowest BCUT2D eigenvalue weighted by molar-refractivity contribution is -0.134. The summed E-state index contributed by atoms with van der Waals surface area (Å²) in [5, 5.41) is 7.42. The first-order valence-electron chi connectivity index (χ1n) is 3.20. The number of carboxylic acids is 1. The number of thiophene rings is 1. The van der Waals surface area contributed by atoms with Gasteiger partial charge in [0, 0.05) is 18.3 Å². The predicted octanol–water partition coefficient (Wildman–Crippen LogP) is 1.95. The number of aliphatic carboxylic acids is 1. The van der Waals surface area contributed by atoms with Gasteiger partial charge in [0.25, 0.3) is 5.97 Å². The Balaban J connectivity index is 0.000000261. The quantitative estimate of drug-likeness (QED) is 0.740. The van der Waals surface area contributed by atoms with Crippen LogP contribution in [-0.4, -0.2) is 11.1 Å². The Bertz CT molecular complexity index is 245. The summed E-state index contributed by atoms with van der Waals surface area (Å²) in [4.78, 5) is 10.1. The predicted molar refractivity (Wildman–Crippen MR) is 50.5 cm³/mol. The van der Waals surface area contributed by atoms with Crippen molar-refractivity contribution in [3.05, 3.63) is 21.3 Å². The Hall–Kier alpha value is -0.580. The number of hydrogen-bond acceptors (Lipinski definition) is 3. The van der Waals surface area contributed by atoms with E-state index in [1.54, 1.807) is 0 Å². The van der Waals surface area contributed by atoms with Crippen molar-refractivity contribution in [3.8, 4) is 0 Å². The molecule has 0 unspecified atom stereocenters. The van der Waals surface area contributed by atoms with Crippen molar-refractivity contribution in [1.82, 2.24) is 0 Å². The molecule has 68 valence electrons. The van der Waals surface area contributed by atoms with Crippen LogP contribution in [0.2, 0.25) is 4.34 Å². The van der Waals surface area contributed by atoms with E-state index in [4.69, 9.17) is 27.2 Å². The van der Waals surface area contributed by atoms with Crippen molar-refractivity contribution < 1.29 is 9.90 Å². The molecule has 0 saturated heterocycles. The van der Waals surface area contributed by atoms with Crippen LogP contribution in [0.25, 0.3) is 0 Å². The minimum absolute atomic E-state index is 0.595. The fourth-order valence-corrected chi connectivity index (χ4v) is 1.43. The van der Waals surface area contributed by atoms with Gasteiger partial charge in [-0.3, -0.25) is 4.79 Å². The maximum atomic E-state index is 9.00. The van der Waals surface area contributed by atoms with Gasteiger partial charge in [0.1, 0.15) is 0 Å². The maximum Gasteiger partial charge on any atom is 0.300 e. The molecule has 3 N–H and O–H groups in total. The largest absolute Gasteiger partial charge is 0.481 e. The van der Waals surface area contributed by atoms with Gasteiger partial charge in [0.15, 0.2) is 0 Å². The summed E-state index contributed by atoms with van der Waals surface area (Å²) in [6.07, 6.45) is 0. The van der Waals surface area contributed by atoms with Crippen molar-refractivity contribution in [2.24, 2.45) is 5.73 Å². The molecule has 0 bridgehead atoms. The van der Waals surface area contributed by atoms with Crippen molar-refractivity contribution in [3.63, 3.8) is 0 Å². The van der Waals surface area contributed by atoms with Gasteiger partial charge in [-0.25, -0.2) is 0 Å². The molecule has 0 fully saturated rings. The zero-order valence-corrected chi connectivity index (χ0v) is 8.15. The summed E-state index contributed by atoms with van der Waals surface area (Å²) in [6.45, 7) is 1.68. The summed E-state index contributed by atoms with van der Waals surface area (Å²) in [5.41, 5.74) is 5.31. The fourth-order valence-electron chi connectivity index (χ4n) is 0.461. The van der Waals surface area contributed by atoms with Crippen LogP contribution >= 0.6 is 22.9 Å². The third-order valence-electron chi connectivity index (χ3n) is 0.830. The Labute approximate surface area is 79.8 Å². The van der Waals surface area contributed by atoms with Gasteiger partial charge < -0.3 is 10.8 Å². The highest BCUT2D eigenvalue weighted by Crippen LogP contribution is 2.20. The second-order valence-corrected chi connectivity index (χ2v) is 3.73. The molecule has 0 aliphatic carbocycles. The topological polar surface area (TPSA) is 63.3 Å². The lowest BCUT2D eigenvalue weighted by Gasteiger charge is -1.80. The highest BCUT2D eigenvalue weighted by Gasteiger charge is 1.91. The van der Waals surface area contributed by atoms with Crippen molar-refractivity contribution in [1.29, 1.82) is 0 Å². The Morgan fingerprint density at radius 1 is 1.75 bits per heavy atom. The molecule has 0 spiro atoms. The monoisotopic (exact) mass is 207 g/mol. The van der Waals surface area contributed by atoms with Crippen molar-refractivity contribution >= 4 is 28.9 Å². The Morgan fingerprint density at radius 3 is 2.42 bits per heavy atom. The van der Waals surface area contributed by atoms with Crippen LogP contribution < -0.4 is 5.73 Å². The molecule has 0 radical (unpaired) electrons. The molecule has 0 aliphatic rings. The highest BCUT2D eigenvalue weighted by molar-refractivity contribution is 7.16. The van der Waals surface area contributed by atoms with E-state index < -0.39 is 5.97 Å². The molecule has 0 aliphatic heterocycles. The van der Waals surface area contributed by atoms with E-state index in [0.717, 1.165) is 16.1 Å². The molecule has 1 aromatic rings. The van der Waals surface area contributed by atoms with Gasteiger partial charge in [-0.05, 0) is 12.1 Å². The van der Waals surface area contributed by atoms with E-state index in [9.17, 15) is 0 Å². The summed E-state index contributed by atoms with van der Waals surface area (Å²) >= 11 is 7.13. The van der Waals surface area contributed by atoms with Gasteiger partial charge in [-0.2, -0.15) is 0 Å². The Kier molecular flexibility index (Phi) is 5.70. The summed E-state index contributed by atoms with van der Waals surface area (Å²) in [6, 6.07) is 3.79. The standard InChI is InChI=1S/C5H6ClNS.C2H4O2/c6-5-2-1-4(3-7)8-5;1-2(3)4/h1-2H,3,7H2;1H3,(H,3,4). The van der Waals surface area contributed by atoms with Crippen LogP contribution in [0.1, 0.15) is 11.8 Å². The molecule has 5 heteroatoms. The third kappa shape index (κ3) is 6.15.